The highest BCUT2D eigenvalue weighted by atomic mass is 32.2. The van der Waals surface area contributed by atoms with Crippen molar-refractivity contribution < 1.29 is 0 Å². The quantitative estimate of drug-likeness (QED) is 0.192. The van der Waals surface area contributed by atoms with Crippen molar-refractivity contribution in [2.75, 3.05) is 11.5 Å². The van der Waals surface area contributed by atoms with Crippen LogP contribution in [0.2, 0.25) is 0 Å². The van der Waals surface area contributed by atoms with E-state index in [9.17, 15) is 0 Å². The summed E-state index contributed by atoms with van der Waals surface area (Å²) in [4.78, 5) is 5.06. The Bertz CT molecular complexity index is 55.2. The molecule has 0 bridgehead atoms. The van der Waals surface area contributed by atoms with E-state index in [2.05, 4.69) is 9.66 Å². The van der Waals surface area contributed by atoms with Gasteiger partial charge in [0.2, 0.25) is 0 Å². The van der Waals surface area contributed by atoms with Crippen LogP contribution in [0.25, 0.3) is 0 Å². The highest BCUT2D eigenvalue weighted by Gasteiger charge is 1.87. The third-order valence-electron chi connectivity index (χ3n) is 0.909. The van der Waals surface area contributed by atoms with Crippen molar-refractivity contribution in [3.05, 3.63) is 0 Å². The maximum Gasteiger partial charge on any atom is 0.00911 e. The largest absolute Gasteiger partial charge is 0.262 e. The van der Waals surface area contributed by atoms with Crippen molar-refractivity contribution in [1.82, 2.24) is 9.66 Å². The van der Waals surface area contributed by atoms with Crippen LogP contribution in [0.1, 0.15) is 12.8 Å². The SMILES string of the molecule is NNSCCCCSNN. The van der Waals surface area contributed by atoms with Gasteiger partial charge in [-0.2, -0.15) is 0 Å². The highest BCUT2D eigenvalue weighted by molar-refractivity contribution is 7.97. The number of nitrogens with two attached hydrogens (primary N) is 2. The molecule has 6 N–H and O–H groups in total. The van der Waals surface area contributed by atoms with E-state index in [1.54, 1.807) is 0 Å². The van der Waals surface area contributed by atoms with Crippen molar-refractivity contribution in [2.24, 2.45) is 11.7 Å². The van der Waals surface area contributed by atoms with Crippen LogP contribution in [-0.2, 0) is 0 Å². The third kappa shape index (κ3) is 8.54. The molecule has 0 rings (SSSR count). The highest BCUT2D eigenvalue weighted by Crippen LogP contribution is 2.02. The topological polar surface area (TPSA) is 76.1 Å². The molecule has 0 unspecified atom stereocenters. The molecule has 62 valence electrons. The van der Waals surface area contributed by atoms with E-state index in [4.69, 9.17) is 11.7 Å². The zero-order valence-corrected chi connectivity index (χ0v) is 7.43. The van der Waals surface area contributed by atoms with Crippen LogP contribution in [0, 0.1) is 0 Å². The summed E-state index contributed by atoms with van der Waals surface area (Å²) in [5, 5.41) is 0. The van der Waals surface area contributed by atoms with Gasteiger partial charge in [0.25, 0.3) is 0 Å². The van der Waals surface area contributed by atoms with E-state index in [1.165, 1.54) is 36.7 Å². The van der Waals surface area contributed by atoms with Gasteiger partial charge < -0.3 is 0 Å². The van der Waals surface area contributed by atoms with Gasteiger partial charge in [-0.1, -0.05) is 23.9 Å². The Morgan fingerprint density at radius 1 is 0.900 bits per heavy atom. The second-order valence-corrected chi connectivity index (χ2v) is 3.50. The van der Waals surface area contributed by atoms with Crippen LogP contribution in [0.5, 0.6) is 0 Å². The molecule has 0 saturated carbocycles. The van der Waals surface area contributed by atoms with Crippen LogP contribution < -0.4 is 21.3 Å². The van der Waals surface area contributed by atoms with Gasteiger partial charge >= 0.3 is 0 Å². The normalized spacial score (nSPS) is 10.2. The lowest BCUT2D eigenvalue weighted by Gasteiger charge is -1.98. The molecule has 0 aliphatic carbocycles. The second kappa shape index (κ2) is 9.54. The van der Waals surface area contributed by atoms with Gasteiger partial charge in [0, 0.05) is 11.5 Å². The van der Waals surface area contributed by atoms with Gasteiger partial charge in [0.1, 0.15) is 0 Å². The minimum atomic E-state index is 1.06. The summed E-state index contributed by atoms with van der Waals surface area (Å²) in [7, 11) is 0. The molecule has 0 heterocycles. The number of unbranched alkanes of at least 4 members (excludes halogenated alkanes) is 1. The molecule has 0 spiro atoms. The maximum absolute atomic E-state index is 5.04. The first-order valence-corrected chi connectivity index (χ1v) is 5.03. The number of hydrazine groups is 2. The van der Waals surface area contributed by atoms with Gasteiger partial charge in [0.15, 0.2) is 0 Å². The average Bonchev–Trinajstić information content (AvgIpc) is 1.97. The first-order chi connectivity index (χ1) is 4.91. The van der Waals surface area contributed by atoms with Crippen molar-refractivity contribution >= 4 is 23.9 Å². The number of hydrogen-bond acceptors (Lipinski definition) is 6. The molecule has 4 nitrogen and oxygen atoms in total. The van der Waals surface area contributed by atoms with Crippen LogP contribution in [0.4, 0.5) is 0 Å². The fourth-order valence-corrected chi connectivity index (χ4v) is 1.40. The molecule has 0 aromatic heterocycles. The summed E-state index contributed by atoms with van der Waals surface area (Å²) < 4.78 is 0. The van der Waals surface area contributed by atoms with Crippen LogP contribution in [-0.4, -0.2) is 11.5 Å². The van der Waals surface area contributed by atoms with Crippen LogP contribution in [0.3, 0.4) is 0 Å². The predicted octanol–water partition coefficient (Wildman–Crippen LogP) is -0.0104. The lowest BCUT2D eigenvalue weighted by atomic mass is 10.4. The minimum absolute atomic E-state index is 1.06. The zero-order valence-electron chi connectivity index (χ0n) is 5.80. The fourth-order valence-electron chi connectivity index (χ4n) is 0.466. The lowest BCUT2D eigenvalue weighted by Crippen LogP contribution is -2.13. The monoisotopic (exact) mass is 182 g/mol. The van der Waals surface area contributed by atoms with Crippen LogP contribution in [0.15, 0.2) is 0 Å². The minimum Gasteiger partial charge on any atom is -0.262 e. The predicted molar refractivity (Wildman–Crippen MR) is 48.8 cm³/mol. The number of hydrogen-bond donors (Lipinski definition) is 4. The van der Waals surface area contributed by atoms with Gasteiger partial charge in [-0.15, -0.1) is 0 Å². The summed E-state index contributed by atoms with van der Waals surface area (Å²) in [5.74, 6) is 12.2. The van der Waals surface area contributed by atoms with E-state index >= 15 is 0 Å². The molecule has 0 saturated heterocycles. The number of nitrogens with one attached hydrogen (secondary N) is 2. The molecule has 6 heteroatoms. The molecule has 0 aliphatic heterocycles. The van der Waals surface area contributed by atoms with Crippen LogP contribution >= 0.6 is 23.9 Å². The van der Waals surface area contributed by atoms with Crippen molar-refractivity contribution in [1.29, 1.82) is 0 Å². The standard InChI is InChI=1S/C4H14N4S2/c5-7-9-3-1-2-4-10-8-6/h7-8H,1-6H2. The summed E-state index contributed by atoms with van der Waals surface area (Å²) in [6, 6.07) is 0. The fraction of sp³-hybridized carbons (Fsp3) is 1.00. The second-order valence-electron chi connectivity index (χ2n) is 1.64. The molecular weight excluding hydrogens is 168 g/mol. The Hall–Kier alpha value is 0.540. The summed E-state index contributed by atoms with van der Waals surface area (Å²) >= 11 is 3.07. The van der Waals surface area contributed by atoms with Gasteiger partial charge in [-0.25, -0.2) is 9.66 Å². The van der Waals surface area contributed by atoms with E-state index in [0.717, 1.165) is 11.5 Å². The summed E-state index contributed by atoms with van der Waals surface area (Å²) in [5.41, 5.74) is 0. The molecule has 10 heavy (non-hydrogen) atoms. The lowest BCUT2D eigenvalue weighted by molar-refractivity contribution is 0.898. The first-order valence-electron chi connectivity index (χ1n) is 3.06. The number of rotatable bonds is 7. The smallest absolute Gasteiger partial charge is 0.00911 e. The summed E-state index contributed by atoms with van der Waals surface area (Å²) in [6.07, 6.45) is 2.34. The maximum atomic E-state index is 5.04. The Morgan fingerprint density at radius 2 is 1.30 bits per heavy atom. The Labute approximate surface area is 70.1 Å². The molecule has 0 aliphatic rings. The Morgan fingerprint density at radius 3 is 1.60 bits per heavy atom. The van der Waals surface area contributed by atoms with Crippen molar-refractivity contribution in [2.45, 2.75) is 12.8 Å². The molecule has 0 aromatic carbocycles. The van der Waals surface area contributed by atoms with E-state index in [-0.39, 0.29) is 0 Å². The average molecular weight is 182 g/mol. The molecule has 0 fully saturated rings. The van der Waals surface area contributed by atoms with E-state index < -0.39 is 0 Å². The van der Waals surface area contributed by atoms with E-state index in [0.29, 0.717) is 0 Å². The van der Waals surface area contributed by atoms with Gasteiger partial charge in [-0.05, 0) is 12.8 Å². The molecule has 0 aromatic rings. The molecule has 0 radical (unpaired) electrons. The molecule has 0 amide bonds. The van der Waals surface area contributed by atoms with Gasteiger partial charge in [-0.3, -0.25) is 11.7 Å². The summed E-state index contributed by atoms with van der Waals surface area (Å²) in [6.45, 7) is 0. The Kier molecular flexibility index (Phi) is 10.1. The van der Waals surface area contributed by atoms with Crippen molar-refractivity contribution in [3.8, 4) is 0 Å². The first kappa shape index (κ1) is 10.5. The third-order valence-corrected chi connectivity index (χ3v) is 2.23. The van der Waals surface area contributed by atoms with E-state index in [1.807, 2.05) is 0 Å². The van der Waals surface area contributed by atoms with Crippen molar-refractivity contribution in [3.63, 3.8) is 0 Å². The van der Waals surface area contributed by atoms with Gasteiger partial charge in [0.05, 0.1) is 0 Å². The molecule has 0 atom stereocenters. The molecular formula is C4H14N4S2. The Balaban J connectivity index is 2.65. The zero-order chi connectivity index (χ0) is 7.66.